The molecule has 0 amide bonds. The average Bonchev–Trinajstić information content (AvgIpc) is 2.91. The normalized spacial score (nSPS) is 22.0. The molecule has 3 aromatic rings. The summed E-state index contributed by atoms with van der Waals surface area (Å²) in [5, 5.41) is 4.53. The summed E-state index contributed by atoms with van der Waals surface area (Å²) in [4.78, 5) is 14.1. The summed E-state index contributed by atoms with van der Waals surface area (Å²) in [6.07, 6.45) is 2.40. The zero-order chi connectivity index (χ0) is 16.2. The molecule has 0 aliphatic carbocycles. The molecule has 0 radical (unpaired) electrons. The molecule has 2 aromatic carbocycles. The summed E-state index contributed by atoms with van der Waals surface area (Å²) in [5.41, 5.74) is 0.935. The summed E-state index contributed by atoms with van der Waals surface area (Å²) in [7, 11) is -1.97. The highest BCUT2D eigenvalue weighted by atomic mass is 35.5. The molecule has 0 N–H and O–H groups in total. The van der Waals surface area contributed by atoms with Crippen molar-refractivity contribution in [2.45, 2.75) is 16.2 Å². The predicted molar refractivity (Wildman–Crippen MR) is 86.9 cm³/mol. The van der Waals surface area contributed by atoms with E-state index in [1.54, 1.807) is 16.1 Å². The van der Waals surface area contributed by atoms with Crippen LogP contribution in [0.15, 0.2) is 61.6 Å². The molecule has 1 aliphatic heterocycles. The minimum Gasteiger partial charge on any atom is -0.295 e. The van der Waals surface area contributed by atoms with Crippen LogP contribution in [0.25, 0.3) is 0 Å². The molecule has 0 saturated heterocycles. The lowest BCUT2D eigenvalue weighted by molar-refractivity contribution is 0.381. The van der Waals surface area contributed by atoms with Gasteiger partial charge in [0.05, 0.1) is 0 Å². The highest BCUT2D eigenvalue weighted by Gasteiger charge is 2.38. The van der Waals surface area contributed by atoms with Crippen LogP contribution in [0.5, 0.6) is 0 Å². The Kier molecular flexibility index (Phi) is 3.14. The average molecular weight is 351 g/mol. The zero-order valence-electron chi connectivity index (χ0n) is 12.1. The lowest BCUT2D eigenvalue weighted by atomic mass is 10.1. The second-order valence-electron chi connectivity index (χ2n) is 5.38. The van der Waals surface area contributed by atoms with Crippen LogP contribution in [-0.4, -0.2) is 15.4 Å². The van der Waals surface area contributed by atoms with Crippen molar-refractivity contribution in [3.8, 4) is 0 Å². The van der Waals surface area contributed by atoms with Crippen LogP contribution in [0.3, 0.4) is 0 Å². The number of hydrogen-bond acceptors (Lipinski definition) is 3. The molecule has 7 heteroatoms. The second kappa shape index (κ2) is 4.97. The summed E-state index contributed by atoms with van der Waals surface area (Å²) < 4.78 is 19.8. The predicted octanol–water partition coefficient (Wildman–Crippen LogP) is 3.85. The molecule has 1 unspecified atom stereocenters. The van der Waals surface area contributed by atoms with Crippen LogP contribution >= 0.6 is 21.8 Å². The van der Waals surface area contributed by atoms with E-state index >= 15 is 0 Å². The van der Waals surface area contributed by atoms with E-state index in [2.05, 4.69) is 5.16 Å². The monoisotopic (exact) mass is 350 g/mol. The van der Waals surface area contributed by atoms with Gasteiger partial charge in [0, 0.05) is 21.2 Å². The van der Waals surface area contributed by atoms with Gasteiger partial charge in [0.2, 0.25) is 0 Å². The molecule has 0 saturated carbocycles. The molecule has 4 rings (SSSR count). The number of nitrogens with zero attached hydrogens (tertiary/aromatic N) is 2. The van der Waals surface area contributed by atoms with Gasteiger partial charge in [-0.15, -0.1) is 10.2 Å². The number of benzene rings is 2. The molecular formula is C16H12ClFN2O2S. The third-order valence-electron chi connectivity index (χ3n) is 4.11. The molecule has 23 heavy (non-hydrogen) atoms. The molecule has 2 heterocycles. The van der Waals surface area contributed by atoms with Gasteiger partial charge in [-0.1, -0.05) is 22.8 Å². The largest absolute Gasteiger partial charge is 0.451 e. The first-order chi connectivity index (χ1) is 11.0. The van der Waals surface area contributed by atoms with Crippen LogP contribution in [0, 0.1) is 5.82 Å². The fourth-order valence-electron chi connectivity index (χ4n) is 3.01. The van der Waals surface area contributed by atoms with E-state index in [9.17, 15) is 9.18 Å². The maximum absolute atomic E-state index is 13.3. The topological polar surface area (TPSA) is 48.0 Å². The fourth-order valence-corrected chi connectivity index (χ4v) is 6.49. The van der Waals surface area contributed by atoms with Crippen molar-refractivity contribution in [1.29, 1.82) is 0 Å². The van der Waals surface area contributed by atoms with Gasteiger partial charge in [-0.2, -0.15) is 0 Å². The first-order valence-electron chi connectivity index (χ1n) is 6.91. The van der Waals surface area contributed by atoms with E-state index in [1.165, 1.54) is 12.1 Å². The van der Waals surface area contributed by atoms with Crippen LogP contribution in [0.2, 0.25) is 5.02 Å². The summed E-state index contributed by atoms with van der Waals surface area (Å²) >= 11 is 6.36. The first-order valence-corrected chi connectivity index (χ1v) is 9.29. The maximum Gasteiger partial charge on any atom is 0.451 e. The second-order valence-corrected chi connectivity index (χ2v) is 8.82. The molecule has 0 fully saturated rings. The Balaban J connectivity index is 2.09. The van der Waals surface area contributed by atoms with Crippen molar-refractivity contribution in [2.24, 2.45) is 0 Å². The van der Waals surface area contributed by atoms with Crippen LogP contribution in [0.4, 0.5) is 4.39 Å². The molecule has 0 bridgehead atoms. The Morgan fingerprint density at radius 2 is 2.00 bits per heavy atom. The standard InChI is InChI=1S/C16H12ClFN2O2S/c1-23(11-7-5-10(18)6-8-11)14-4-2-3-13(17)12(14)9-15-19-22-16(21)20(15)23/h2-8H,9H2,1H3. The number of rotatable bonds is 1. The Morgan fingerprint density at radius 1 is 1.26 bits per heavy atom. The number of hydrogen-bond donors (Lipinski definition) is 0. The van der Waals surface area contributed by atoms with Gasteiger partial charge in [0.1, 0.15) is 5.82 Å². The van der Waals surface area contributed by atoms with Crippen molar-refractivity contribution in [3.63, 3.8) is 0 Å². The number of halogens is 2. The van der Waals surface area contributed by atoms with Gasteiger partial charge in [-0.05, 0) is 48.2 Å². The van der Waals surface area contributed by atoms with Crippen LogP contribution in [-0.2, 0) is 6.42 Å². The lowest BCUT2D eigenvalue weighted by Crippen LogP contribution is -2.27. The Labute approximate surface area is 137 Å². The van der Waals surface area contributed by atoms with E-state index < -0.39 is 16.0 Å². The Bertz CT molecular complexity index is 967. The maximum atomic E-state index is 13.3. The quantitative estimate of drug-likeness (QED) is 0.669. The Hall–Kier alpha value is -2.05. The molecule has 118 valence electrons. The van der Waals surface area contributed by atoms with Crippen LogP contribution in [0.1, 0.15) is 11.4 Å². The van der Waals surface area contributed by atoms with Gasteiger partial charge < -0.3 is 0 Å². The highest BCUT2D eigenvalue weighted by molar-refractivity contribution is 8.32. The lowest BCUT2D eigenvalue weighted by Gasteiger charge is -2.41. The third kappa shape index (κ3) is 1.98. The Morgan fingerprint density at radius 3 is 2.74 bits per heavy atom. The smallest absolute Gasteiger partial charge is 0.295 e. The van der Waals surface area contributed by atoms with E-state index in [1.807, 2.05) is 24.5 Å². The minimum atomic E-state index is -1.97. The van der Waals surface area contributed by atoms with Crippen molar-refractivity contribution in [3.05, 3.63) is 75.2 Å². The van der Waals surface area contributed by atoms with E-state index in [0.717, 1.165) is 15.4 Å². The van der Waals surface area contributed by atoms with Crippen molar-refractivity contribution < 1.29 is 8.91 Å². The molecule has 1 atom stereocenters. The summed E-state index contributed by atoms with van der Waals surface area (Å²) in [6, 6.07) is 11.8. The molecule has 0 spiro atoms. The summed E-state index contributed by atoms with van der Waals surface area (Å²) in [5.74, 6) is -0.290. The van der Waals surface area contributed by atoms with E-state index in [0.29, 0.717) is 17.3 Å². The third-order valence-corrected chi connectivity index (χ3v) is 7.98. The van der Waals surface area contributed by atoms with Gasteiger partial charge in [0.15, 0.2) is 5.82 Å². The fraction of sp³-hybridized carbons (Fsp3) is 0.125. The van der Waals surface area contributed by atoms with E-state index in [-0.39, 0.29) is 5.82 Å². The van der Waals surface area contributed by atoms with Gasteiger partial charge in [0.25, 0.3) is 0 Å². The number of fused-ring (bicyclic) bond motifs is 2. The SMILES string of the molecule is CS1(c2ccc(F)cc2)c2cccc(Cl)c2Cc2noc(=O)n21. The minimum absolute atomic E-state index is 0.322. The van der Waals surface area contributed by atoms with Crippen molar-refractivity contribution in [2.75, 3.05) is 6.26 Å². The summed E-state index contributed by atoms with van der Waals surface area (Å²) in [6.45, 7) is 0. The van der Waals surface area contributed by atoms with E-state index in [4.69, 9.17) is 16.1 Å². The van der Waals surface area contributed by atoms with Gasteiger partial charge in [-0.25, -0.2) is 13.2 Å². The van der Waals surface area contributed by atoms with Crippen LogP contribution < -0.4 is 5.76 Å². The highest BCUT2D eigenvalue weighted by Crippen LogP contribution is 2.63. The molecule has 1 aromatic heterocycles. The molecule has 1 aliphatic rings. The van der Waals surface area contributed by atoms with Crippen molar-refractivity contribution >= 4 is 21.8 Å². The number of aromatic nitrogens is 2. The van der Waals surface area contributed by atoms with Crippen molar-refractivity contribution in [1.82, 2.24) is 9.13 Å². The zero-order valence-corrected chi connectivity index (χ0v) is 13.7. The molecular weight excluding hydrogens is 339 g/mol. The molecule has 4 nitrogen and oxygen atoms in total. The first kappa shape index (κ1) is 14.5. The van der Waals surface area contributed by atoms with Gasteiger partial charge >= 0.3 is 5.76 Å². The van der Waals surface area contributed by atoms with Gasteiger partial charge in [-0.3, -0.25) is 4.52 Å².